The molecule has 0 saturated heterocycles. The van der Waals surface area contributed by atoms with Gasteiger partial charge in [0.25, 0.3) is 5.91 Å². The van der Waals surface area contributed by atoms with Crippen LogP contribution in [-0.2, 0) is 4.79 Å². The van der Waals surface area contributed by atoms with Gasteiger partial charge in [0.1, 0.15) is 11.3 Å². The van der Waals surface area contributed by atoms with E-state index in [1.165, 1.54) is 6.07 Å². The highest BCUT2D eigenvalue weighted by Crippen LogP contribution is 2.20. The Balaban J connectivity index is 1.74. The predicted molar refractivity (Wildman–Crippen MR) is 97.0 cm³/mol. The topological polar surface area (TPSA) is 59.8 Å². The first-order valence-electron chi connectivity index (χ1n) is 7.80. The fourth-order valence-corrected chi connectivity index (χ4v) is 2.44. The molecule has 126 valence electrons. The fraction of sp³-hybridized carbons (Fsp3) is 0.100. The summed E-state index contributed by atoms with van der Waals surface area (Å²) in [5.41, 5.74) is 0.769. The molecule has 0 N–H and O–H groups in total. The molecule has 0 radical (unpaired) electrons. The normalized spacial score (nSPS) is 10.4. The monoisotopic (exact) mass is 335 g/mol. The smallest absolute Gasteiger partial charge is 0.336 e. The second-order valence-electron chi connectivity index (χ2n) is 5.37. The molecule has 1 amide bonds. The first-order valence-corrected chi connectivity index (χ1v) is 7.80. The van der Waals surface area contributed by atoms with Crippen molar-refractivity contribution < 1.29 is 13.9 Å². The number of hydrogen-bond acceptors (Lipinski definition) is 4. The van der Waals surface area contributed by atoms with Crippen molar-refractivity contribution in [3.63, 3.8) is 0 Å². The SMILES string of the molecule is C=CCN(C(=O)COc1ccc2ccc(=O)oc2c1)c1ccccc1. The third-order valence-corrected chi connectivity index (χ3v) is 3.64. The van der Waals surface area contributed by atoms with Crippen LogP contribution < -0.4 is 15.3 Å². The average Bonchev–Trinajstić information content (AvgIpc) is 2.64. The van der Waals surface area contributed by atoms with Gasteiger partial charge < -0.3 is 14.1 Å². The number of ether oxygens (including phenoxy) is 1. The molecule has 1 heterocycles. The molecule has 0 bridgehead atoms. The molecule has 1 aromatic heterocycles. The van der Waals surface area contributed by atoms with Gasteiger partial charge >= 0.3 is 5.63 Å². The van der Waals surface area contributed by atoms with Crippen LogP contribution in [0.25, 0.3) is 11.0 Å². The van der Waals surface area contributed by atoms with E-state index in [9.17, 15) is 9.59 Å². The quantitative estimate of drug-likeness (QED) is 0.512. The lowest BCUT2D eigenvalue weighted by Crippen LogP contribution is -2.35. The molecule has 0 aliphatic rings. The van der Waals surface area contributed by atoms with Crippen molar-refractivity contribution in [3.05, 3.63) is 83.7 Å². The molecule has 0 fully saturated rings. The molecule has 3 aromatic rings. The van der Waals surface area contributed by atoms with Crippen molar-refractivity contribution in [1.29, 1.82) is 0 Å². The van der Waals surface area contributed by atoms with Crippen molar-refractivity contribution in [2.24, 2.45) is 0 Å². The van der Waals surface area contributed by atoms with Gasteiger partial charge in [-0.3, -0.25) is 4.79 Å². The number of hydrogen-bond donors (Lipinski definition) is 0. The second-order valence-corrected chi connectivity index (χ2v) is 5.37. The Hall–Kier alpha value is -3.34. The van der Waals surface area contributed by atoms with E-state index < -0.39 is 5.63 Å². The van der Waals surface area contributed by atoms with E-state index in [1.54, 1.807) is 35.2 Å². The minimum absolute atomic E-state index is 0.134. The van der Waals surface area contributed by atoms with Gasteiger partial charge in [-0.2, -0.15) is 0 Å². The standard InChI is InChI=1S/C20H17NO4/c1-2-12-21(16-6-4-3-5-7-16)19(22)14-24-17-10-8-15-9-11-20(23)25-18(15)13-17/h2-11,13H,1,12,14H2. The van der Waals surface area contributed by atoms with Gasteiger partial charge in [-0.15, -0.1) is 6.58 Å². The van der Waals surface area contributed by atoms with E-state index in [0.717, 1.165) is 11.1 Å². The maximum Gasteiger partial charge on any atom is 0.336 e. The molecule has 5 nitrogen and oxygen atoms in total. The van der Waals surface area contributed by atoms with Crippen LogP contribution in [0.5, 0.6) is 5.75 Å². The third-order valence-electron chi connectivity index (χ3n) is 3.64. The van der Waals surface area contributed by atoms with Gasteiger partial charge in [0, 0.05) is 29.8 Å². The van der Waals surface area contributed by atoms with Crippen LogP contribution in [0.2, 0.25) is 0 Å². The van der Waals surface area contributed by atoms with Crippen molar-refractivity contribution in [3.8, 4) is 5.75 Å². The molecule has 0 aliphatic heterocycles. The zero-order valence-electron chi connectivity index (χ0n) is 13.6. The minimum atomic E-state index is -0.429. The van der Waals surface area contributed by atoms with Crippen LogP contribution in [-0.4, -0.2) is 19.1 Å². The van der Waals surface area contributed by atoms with E-state index in [2.05, 4.69) is 6.58 Å². The maximum absolute atomic E-state index is 12.5. The Labute approximate surface area is 144 Å². The third kappa shape index (κ3) is 3.95. The lowest BCUT2D eigenvalue weighted by molar-refractivity contribution is -0.120. The highest BCUT2D eigenvalue weighted by Gasteiger charge is 2.15. The zero-order chi connectivity index (χ0) is 17.6. The molecule has 0 spiro atoms. The van der Waals surface area contributed by atoms with Gasteiger partial charge in [-0.05, 0) is 30.3 Å². The highest BCUT2D eigenvalue weighted by atomic mass is 16.5. The zero-order valence-corrected chi connectivity index (χ0v) is 13.6. The molecule has 25 heavy (non-hydrogen) atoms. The molecular weight excluding hydrogens is 318 g/mol. The van der Waals surface area contributed by atoms with Gasteiger partial charge in [0.05, 0.1) is 0 Å². The van der Waals surface area contributed by atoms with Crippen LogP contribution in [0.3, 0.4) is 0 Å². The van der Waals surface area contributed by atoms with E-state index in [4.69, 9.17) is 9.15 Å². The minimum Gasteiger partial charge on any atom is -0.484 e. The maximum atomic E-state index is 12.5. The fourth-order valence-electron chi connectivity index (χ4n) is 2.44. The average molecular weight is 335 g/mol. The number of rotatable bonds is 6. The summed E-state index contributed by atoms with van der Waals surface area (Å²) in [4.78, 5) is 25.4. The summed E-state index contributed by atoms with van der Waals surface area (Å²) in [5, 5.41) is 0.788. The number of anilines is 1. The number of fused-ring (bicyclic) bond motifs is 1. The summed E-state index contributed by atoms with van der Waals surface area (Å²) in [6.07, 6.45) is 1.66. The van der Waals surface area contributed by atoms with Gasteiger partial charge in [0.15, 0.2) is 6.61 Å². The summed E-state index contributed by atoms with van der Waals surface area (Å²) in [7, 11) is 0. The number of carbonyl (C=O) groups is 1. The summed E-state index contributed by atoms with van der Waals surface area (Å²) < 4.78 is 10.7. The predicted octanol–water partition coefficient (Wildman–Crippen LogP) is 3.39. The summed E-state index contributed by atoms with van der Waals surface area (Å²) in [6, 6.07) is 17.5. The van der Waals surface area contributed by atoms with E-state index >= 15 is 0 Å². The number of amides is 1. The number of benzene rings is 2. The number of nitrogens with zero attached hydrogens (tertiary/aromatic N) is 1. The molecule has 5 heteroatoms. The van der Waals surface area contributed by atoms with Crippen molar-refractivity contribution in [2.75, 3.05) is 18.1 Å². The molecule has 0 saturated carbocycles. The van der Waals surface area contributed by atoms with Crippen LogP contribution >= 0.6 is 0 Å². The largest absolute Gasteiger partial charge is 0.484 e. The van der Waals surface area contributed by atoms with Crippen LogP contribution in [0.4, 0.5) is 5.69 Å². The Bertz CT molecular complexity index is 947. The number of carbonyl (C=O) groups excluding carboxylic acids is 1. The van der Waals surface area contributed by atoms with Crippen LogP contribution in [0.1, 0.15) is 0 Å². The van der Waals surface area contributed by atoms with Crippen LogP contribution in [0.15, 0.2) is 82.5 Å². The molecule has 0 aliphatic carbocycles. The molecule has 0 atom stereocenters. The van der Waals surface area contributed by atoms with E-state index in [-0.39, 0.29) is 12.5 Å². The Morgan fingerprint density at radius 1 is 1.12 bits per heavy atom. The molecular formula is C20H17NO4. The molecule has 0 unspecified atom stereocenters. The van der Waals surface area contributed by atoms with Crippen molar-refractivity contribution >= 4 is 22.6 Å². The molecule has 3 rings (SSSR count). The second kappa shape index (κ2) is 7.49. The highest BCUT2D eigenvalue weighted by molar-refractivity contribution is 5.94. The van der Waals surface area contributed by atoms with Crippen molar-refractivity contribution in [1.82, 2.24) is 0 Å². The van der Waals surface area contributed by atoms with E-state index in [0.29, 0.717) is 17.9 Å². The summed E-state index contributed by atoms with van der Waals surface area (Å²) in [5.74, 6) is 0.266. The van der Waals surface area contributed by atoms with Crippen molar-refractivity contribution in [2.45, 2.75) is 0 Å². The van der Waals surface area contributed by atoms with Gasteiger partial charge in [0.2, 0.25) is 0 Å². The van der Waals surface area contributed by atoms with Gasteiger partial charge in [-0.1, -0.05) is 24.3 Å². The van der Waals surface area contributed by atoms with E-state index in [1.807, 2.05) is 30.3 Å². The Morgan fingerprint density at radius 2 is 1.88 bits per heavy atom. The Kier molecular flexibility index (Phi) is 4.95. The first kappa shape index (κ1) is 16.5. The summed E-state index contributed by atoms with van der Waals surface area (Å²) >= 11 is 0. The molecule has 2 aromatic carbocycles. The summed E-state index contributed by atoms with van der Waals surface area (Å²) in [6.45, 7) is 3.95. The number of para-hydroxylation sites is 1. The Morgan fingerprint density at radius 3 is 2.64 bits per heavy atom. The first-order chi connectivity index (χ1) is 12.2. The van der Waals surface area contributed by atoms with Gasteiger partial charge in [-0.25, -0.2) is 4.79 Å². The lowest BCUT2D eigenvalue weighted by atomic mass is 10.2. The lowest BCUT2D eigenvalue weighted by Gasteiger charge is -2.21. The van der Waals surface area contributed by atoms with Crippen LogP contribution in [0, 0.1) is 0 Å².